The highest BCUT2D eigenvalue weighted by Crippen LogP contribution is 2.34. The van der Waals surface area contributed by atoms with E-state index < -0.39 is 23.5 Å². The van der Waals surface area contributed by atoms with Gasteiger partial charge in [0.1, 0.15) is 11.5 Å². The molecule has 0 unspecified atom stereocenters. The molecule has 0 spiro atoms. The average Bonchev–Trinajstić information content (AvgIpc) is 3.03. The molecule has 4 rings (SSSR count). The van der Waals surface area contributed by atoms with Gasteiger partial charge in [0, 0.05) is 36.6 Å². The normalized spacial score (nSPS) is 14.4. The van der Waals surface area contributed by atoms with Gasteiger partial charge in [-0.2, -0.15) is 13.2 Å². The maximum absolute atomic E-state index is 13.6. The molecule has 0 aliphatic carbocycles. The lowest BCUT2D eigenvalue weighted by Crippen LogP contribution is -2.36. The Hall–Kier alpha value is -3.33. The fourth-order valence-electron chi connectivity index (χ4n) is 4.41. The van der Waals surface area contributed by atoms with Crippen molar-refractivity contribution in [3.8, 4) is 0 Å². The predicted octanol–water partition coefficient (Wildman–Crippen LogP) is 5.40. The zero-order valence-corrected chi connectivity index (χ0v) is 18.9. The number of ether oxygens (including phenoxy) is 1. The van der Waals surface area contributed by atoms with Crippen molar-refractivity contribution in [2.45, 2.75) is 26.6 Å². The molecule has 2 aromatic carbocycles. The lowest BCUT2D eigenvalue weighted by atomic mass is 10.1. The van der Waals surface area contributed by atoms with E-state index in [0.717, 1.165) is 23.5 Å². The molecular formula is C25H25F4N3O2. The van der Waals surface area contributed by atoms with Crippen LogP contribution in [0.25, 0.3) is 0 Å². The zero-order chi connectivity index (χ0) is 24.5. The third kappa shape index (κ3) is 4.94. The van der Waals surface area contributed by atoms with Crippen molar-refractivity contribution in [1.82, 2.24) is 4.57 Å². The number of anilines is 2. The van der Waals surface area contributed by atoms with Crippen LogP contribution in [0, 0.1) is 19.7 Å². The summed E-state index contributed by atoms with van der Waals surface area (Å²) < 4.78 is 60.6. The summed E-state index contributed by atoms with van der Waals surface area (Å²) >= 11 is 0. The Morgan fingerprint density at radius 1 is 1.06 bits per heavy atom. The van der Waals surface area contributed by atoms with Gasteiger partial charge in [-0.3, -0.25) is 4.79 Å². The van der Waals surface area contributed by atoms with Crippen LogP contribution in [0.2, 0.25) is 0 Å². The topological polar surface area (TPSA) is 46.5 Å². The minimum Gasteiger partial charge on any atom is -0.378 e. The Kier molecular flexibility index (Phi) is 6.65. The molecule has 1 N–H and O–H groups in total. The lowest BCUT2D eigenvalue weighted by Gasteiger charge is -2.29. The summed E-state index contributed by atoms with van der Waals surface area (Å²) in [4.78, 5) is 15.5. The van der Waals surface area contributed by atoms with Gasteiger partial charge in [0.05, 0.1) is 24.5 Å². The number of amides is 1. The highest BCUT2D eigenvalue weighted by atomic mass is 19.4. The molecule has 0 bridgehead atoms. The number of carbonyl (C=O) groups excluding carboxylic acids is 1. The molecule has 0 atom stereocenters. The first-order valence-electron chi connectivity index (χ1n) is 10.9. The van der Waals surface area contributed by atoms with Crippen LogP contribution in [0.15, 0.2) is 48.5 Å². The van der Waals surface area contributed by atoms with Crippen molar-refractivity contribution in [2.24, 2.45) is 0 Å². The van der Waals surface area contributed by atoms with E-state index in [4.69, 9.17) is 4.74 Å². The fraction of sp³-hybridized carbons (Fsp3) is 0.320. The highest BCUT2D eigenvalue weighted by molar-refractivity contribution is 6.05. The molecule has 34 heavy (non-hydrogen) atoms. The quantitative estimate of drug-likeness (QED) is 0.503. The smallest absolute Gasteiger partial charge is 0.378 e. The molecule has 1 aliphatic heterocycles. The summed E-state index contributed by atoms with van der Waals surface area (Å²) in [6.07, 6.45) is -4.46. The predicted molar refractivity (Wildman–Crippen MR) is 122 cm³/mol. The van der Waals surface area contributed by atoms with Crippen molar-refractivity contribution in [2.75, 3.05) is 36.5 Å². The van der Waals surface area contributed by atoms with Gasteiger partial charge >= 0.3 is 6.18 Å². The summed E-state index contributed by atoms with van der Waals surface area (Å²) in [5, 5.41) is 2.72. The largest absolute Gasteiger partial charge is 0.416 e. The summed E-state index contributed by atoms with van der Waals surface area (Å²) in [5.74, 6) is -0.947. The molecular weight excluding hydrogens is 450 g/mol. The summed E-state index contributed by atoms with van der Waals surface area (Å²) in [7, 11) is 0. The van der Waals surface area contributed by atoms with Gasteiger partial charge in [0.15, 0.2) is 0 Å². The Morgan fingerprint density at radius 2 is 1.76 bits per heavy atom. The lowest BCUT2D eigenvalue weighted by molar-refractivity contribution is -0.137. The van der Waals surface area contributed by atoms with E-state index in [1.807, 2.05) is 13.8 Å². The van der Waals surface area contributed by atoms with Crippen LogP contribution in [0.5, 0.6) is 0 Å². The zero-order valence-electron chi connectivity index (χ0n) is 18.9. The molecule has 3 aromatic rings. The molecule has 5 nitrogen and oxygen atoms in total. The first-order valence-corrected chi connectivity index (χ1v) is 10.9. The van der Waals surface area contributed by atoms with Gasteiger partial charge in [-0.1, -0.05) is 18.2 Å². The maximum Gasteiger partial charge on any atom is 0.416 e. The van der Waals surface area contributed by atoms with Crippen LogP contribution in [0.3, 0.4) is 0 Å². The third-order valence-electron chi connectivity index (χ3n) is 5.95. The van der Waals surface area contributed by atoms with Crippen molar-refractivity contribution in [1.29, 1.82) is 0 Å². The minimum absolute atomic E-state index is 0.0762. The van der Waals surface area contributed by atoms with Gasteiger partial charge in [0.25, 0.3) is 5.91 Å². The summed E-state index contributed by atoms with van der Waals surface area (Å²) in [6, 6.07) is 10.6. The molecule has 0 radical (unpaired) electrons. The molecule has 2 heterocycles. The van der Waals surface area contributed by atoms with E-state index in [1.165, 1.54) is 24.3 Å². The number of nitrogens with zero attached hydrogens (tertiary/aromatic N) is 2. The van der Waals surface area contributed by atoms with Crippen molar-refractivity contribution in [3.63, 3.8) is 0 Å². The van der Waals surface area contributed by atoms with E-state index in [9.17, 15) is 22.4 Å². The van der Waals surface area contributed by atoms with Crippen LogP contribution in [0.1, 0.15) is 32.9 Å². The molecule has 9 heteroatoms. The number of hydrogen-bond donors (Lipinski definition) is 1. The summed E-state index contributed by atoms with van der Waals surface area (Å²) in [5.41, 5.74) is 2.62. The molecule has 1 fully saturated rings. The van der Waals surface area contributed by atoms with Crippen LogP contribution in [-0.2, 0) is 17.5 Å². The van der Waals surface area contributed by atoms with Gasteiger partial charge in [-0.15, -0.1) is 0 Å². The van der Waals surface area contributed by atoms with Gasteiger partial charge in [-0.25, -0.2) is 4.39 Å². The maximum atomic E-state index is 13.6. The van der Waals surface area contributed by atoms with E-state index in [2.05, 4.69) is 10.2 Å². The fourth-order valence-corrected chi connectivity index (χ4v) is 4.41. The first kappa shape index (κ1) is 23.8. The Balaban J connectivity index is 1.76. The average molecular weight is 475 g/mol. The Labute approximate surface area is 194 Å². The number of rotatable bonds is 5. The van der Waals surface area contributed by atoms with Crippen molar-refractivity contribution >= 4 is 17.3 Å². The minimum atomic E-state index is -4.46. The van der Waals surface area contributed by atoms with Crippen LogP contribution < -0.4 is 10.2 Å². The second-order valence-electron chi connectivity index (χ2n) is 8.26. The van der Waals surface area contributed by atoms with Crippen LogP contribution in [-0.4, -0.2) is 36.8 Å². The monoisotopic (exact) mass is 475 g/mol. The molecule has 1 aliphatic rings. The number of hydrogen-bond acceptors (Lipinski definition) is 3. The van der Waals surface area contributed by atoms with E-state index in [0.29, 0.717) is 48.8 Å². The standard InChI is InChI=1S/C25H25F4N3O2/c1-16-22(31-9-11-34-12-10-31)17(2)32(15-18-5-3-6-19(13-18)25(27,28)29)23(16)24(33)30-21-8-4-7-20(26)14-21/h3-8,13-14H,9-12,15H2,1-2H3,(H,30,33). The first-order chi connectivity index (χ1) is 16.1. The van der Waals surface area contributed by atoms with E-state index in [-0.39, 0.29) is 6.54 Å². The highest BCUT2D eigenvalue weighted by Gasteiger charge is 2.31. The van der Waals surface area contributed by atoms with Crippen LogP contribution in [0.4, 0.5) is 28.9 Å². The van der Waals surface area contributed by atoms with Crippen LogP contribution >= 0.6 is 0 Å². The number of nitrogens with one attached hydrogen (secondary N) is 1. The van der Waals surface area contributed by atoms with Crippen molar-refractivity contribution in [3.05, 3.63) is 82.4 Å². The number of aromatic nitrogens is 1. The number of carbonyl (C=O) groups is 1. The number of halogens is 4. The number of benzene rings is 2. The molecule has 0 saturated carbocycles. The molecule has 180 valence electrons. The van der Waals surface area contributed by atoms with Gasteiger partial charge < -0.3 is 19.5 Å². The SMILES string of the molecule is Cc1c(N2CCOCC2)c(C)n(Cc2cccc(C(F)(F)F)c2)c1C(=O)Nc1cccc(F)c1. The van der Waals surface area contributed by atoms with Gasteiger partial charge in [0.2, 0.25) is 0 Å². The Bertz CT molecular complexity index is 1200. The third-order valence-corrected chi connectivity index (χ3v) is 5.95. The van der Waals surface area contributed by atoms with E-state index in [1.54, 1.807) is 16.7 Å². The van der Waals surface area contributed by atoms with Gasteiger partial charge in [-0.05, 0) is 49.7 Å². The molecule has 1 aromatic heterocycles. The molecule has 1 saturated heterocycles. The number of morpholine rings is 1. The Morgan fingerprint density at radius 3 is 2.44 bits per heavy atom. The number of alkyl halides is 3. The second-order valence-corrected chi connectivity index (χ2v) is 8.26. The summed E-state index contributed by atoms with van der Waals surface area (Å²) in [6.45, 7) is 6.11. The second kappa shape index (κ2) is 9.50. The van der Waals surface area contributed by atoms with E-state index >= 15 is 0 Å². The van der Waals surface area contributed by atoms with Crippen molar-refractivity contribution < 1.29 is 27.1 Å². The molecule has 1 amide bonds.